The van der Waals surface area contributed by atoms with Crippen LogP contribution in [0, 0.1) is 0 Å². The summed E-state index contributed by atoms with van der Waals surface area (Å²) in [6.07, 6.45) is 1.76. The molecule has 0 aromatic heterocycles. The molecule has 0 bridgehead atoms. The highest BCUT2D eigenvalue weighted by Crippen LogP contribution is 2.20. The summed E-state index contributed by atoms with van der Waals surface area (Å²) in [7, 11) is 0. The zero-order valence-electron chi connectivity index (χ0n) is 13.6. The van der Waals surface area contributed by atoms with Crippen molar-refractivity contribution in [3.63, 3.8) is 0 Å². The fourth-order valence-electron chi connectivity index (χ4n) is 2.38. The van der Waals surface area contributed by atoms with Gasteiger partial charge in [0.2, 0.25) is 11.8 Å². The lowest BCUT2D eigenvalue weighted by molar-refractivity contribution is -0.141. The molecule has 0 saturated carbocycles. The highest BCUT2D eigenvalue weighted by Gasteiger charge is 2.28. The van der Waals surface area contributed by atoms with Crippen molar-refractivity contribution in [3.05, 3.63) is 34.9 Å². The van der Waals surface area contributed by atoms with Gasteiger partial charge in [0, 0.05) is 24.5 Å². The van der Waals surface area contributed by atoms with Gasteiger partial charge in [-0.25, -0.2) is 0 Å². The van der Waals surface area contributed by atoms with Crippen LogP contribution in [0.1, 0.15) is 45.6 Å². The molecule has 0 unspecified atom stereocenters. The molecule has 0 aliphatic carbocycles. The first kappa shape index (κ1) is 18.5. The molecule has 1 N–H and O–H groups in total. The van der Waals surface area contributed by atoms with Gasteiger partial charge in [-0.15, -0.1) is 0 Å². The molecule has 1 aromatic carbocycles. The standard InChI is InChI=1S/C17H25ClN2O2/c1-4-9-16(21)20(15(5-2)17(22)19-6-3)12-13-10-7-8-11-14(13)18/h7-8,10-11,15H,4-6,9,12H2,1-3H3,(H,19,22)/t15-/m0/s1. The SMILES string of the molecule is CCCC(=O)N(Cc1ccccc1Cl)[C@@H](CC)C(=O)NCC. The smallest absolute Gasteiger partial charge is 0.242 e. The van der Waals surface area contributed by atoms with Crippen LogP contribution >= 0.6 is 11.6 Å². The molecule has 0 heterocycles. The van der Waals surface area contributed by atoms with Crippen LogP contribution < -0.4 is 5.32 Å². The Morgan fingerprint density at radius 1 is 1.23 bits per heavy atom. The molecule has 4 nitrogen and oxygen atoms in total. The number of nitrogens with zero attached hydrogens (tertiary/aromatic N) is 1. The minimum atomic E-state index is -0.463. The van der Waals surface area contributed by atoms with E-state index >= 15 is 0 Å². The van der Waals surface area contributed by atoms with Crippen LogP contribution in [0.15, 0.2) is 24.3 Å². The predicted molar refractivity (Wildman–Crippen MR) is 89.7 cm³/mol. The highest BCUT2D eigenvalue weighted by atomic mass is 35.5. The minimum absolute atomic E-state index is 0.0134. The summed E-state index contributed by atoms with van der Waals surface area (Å²) in [6, 6.07) is 6.96. The van der Waals surface area contributed by atoms with E-state index in [2.05, 4.69) is 5.32 Å². The maximum absolute atomic E-state index is 12.5. The molecule has 1 rings (SSSR count). The molecule has 0 spiro atoms. The Kier molecular flexibility index (Phi) is 7.96. The van der Waals surface area contributed by atoms with E-state index < -0.39 is 6.04 Å². The zero-order valence-corrected chi connectivity index (χ0v) is 14.3. The number of halogens is 1. The number of hydrogen-bond donors (Lipinski definition) is 1. The summed E-state index contributed by atoms with van der Waals surface area (Å²) in [5.41, 5.74) is 0.858. The maximum atomic E-state index is 12.5. The van der Waals surface area contributed by atoms with Crippen molar-refractivity contribution in [2.24, 2.45) is 0 Å². The number of amides is 2. The number of carbonyl (C=O) groups excluding carboxylic acids is 2. The summed E-state index contributed by atoms with van der Waals surface area (Å²) < 4.78 is 0. The Labute approximate surface area is 137 Å². The van der Waals surface area contributed by atoms with E-state index in [1.807, 2.05) is 39.0 Å². The van der Waals surface area contributed by atoms with Crippen molar-refractivity contribution < 1.29 is 9.59 Å². The van der Waals surface area contributed by atoms with E-state index in [-0.39, 0.29) is 11.8 Å². The van der Waals surface area contributed by atoms with E-state index in [4.69, 9.17) is 11.6 Å². The molecule has 1 aromatic rings. The van der Waals surface area contributed by atoms with E-state index in [9.17, 15) is 9.59 Å². The number of hydrogen-bond acceptors (Lipinski definition) is 2. The van der Waals surface area contributed by atoms with Gasteiger partial charge in [-0.3, -0.25) is 9.59 Å². The van der Waals surface area contributed by atoms with Gasteiger partial charge >= 0.3 is 0 Å². The third kappa shape index (κ3) is 5.02. The molecule has 0 fully saturated rings. The maximum Gasteiger partial charge on any atom is 0.242 e. The van der Waals surface area contributed by atoms with Crippen molar-refractivity contribution in [1.82, 2.24) is 10.2 Å². The van der Waals surface area contributed by atoms with Crippen molar-refractivity contribution in [2.75, 3.05) is 6.54 Å². The molecule has 1 atom stereocenters. The number of benzene rings is 1. The normalized spacial score (nSPS) is 11.8. The highest BCUT2D eigenvalue weighted by molar-refractivity contribution is 6.31. The van der Waals surface area contributed by atoms with Gasteiger partial charge in [0.25, 0.3) is 0 Å². The number of nitrogens with one attached hydrogen (secondary N) is 1. The van der Waals surface area contributed by atoms with Crippen molar-refractivity contribution in [3.8, 4) is 0 Å². The fraction of sp³-hybridized carbons (Fsp3) is 0.529. The molecule has 122 valence electrons. The average Bonchev–Trinajstić information content (AvgIpc) is 2.49. The monoisotopic (exact) mass is 324 g/mol. The minimum Gasteiger partial charge on any atom is -0.355 e. The first-order valence-corrected chi connectivity index (χ1v) is 8.23. The van der Waals surface area contributed by atoms with Crippen LogP contribution in [0.3, 0.4) is 0 Å². The van der Waals surface area contributed by atoms with Gasteiger partial charge in [-0.05, 0) is 31.4 Å². The lowest BCUT2D eigenvalue weighted by Crippen LogP contribution is -2.48. The Morgan fingerprint density at radius 3 is 2.45 bits per heavy atom. The lowest BCUT2D eigenvalue weighted by Gasteiger charge is -2.30. The van der Waals surface area contributed by atoms with Crippen LogP contribution in [-0.2, 0) is 16.1 Å². The third-order valence-electron chi connectivity index (χ3n) is 3.50. The van der Waals surface area contributed by atoms with Gasteiger partial charge < -0.3 is 10.2 Å². The third-order valence-corrected chi connectivity index (χ3v) is 3.87. The molecule has 0 saturated heterocycles. The summed E-state index contributed by atoms with van der Waals surface area (Å²) in [4.78, 5) is 26.4. The molecule has 0 aliphatic rings. The second-order valence-electron chi connectivity index (χ2n) is 5.18. The van der Waals surface area contributed by atoms with E-state index in [0.717, 1.165) is 12.0 Å². The fourth-order valence-corrected chi connectivity index (χ4v) is 2.57. The van der Waals surface area contributed by atoms with Crippen LogP contribution in [-0.4, -0.2) is 29.3 Å². The molecular formula is C17H25ClN2O2. The van der Waals surface area contributed by atoms with Crippen LogP contribution in [0.2, 0.25) is 5.02 Å². The summed E-state index contributed by atoms with van der Waals surface area (Å²) >= 11 is 6.20. The average molecular weight is 325 g/mol. The topological polar surface area (TPSA) is 49.4 Å². The Hall–Kier alpha value is -1.55. The summed E-state index contributed by atoms with van der Waals surface area (Å²) in [5.74, 6) is -0.123. The quantitative estimate of drug-likeness (QED) is 0.797. The van der Waals surface area contributed by atoms with Gasteiger partial charge in [0.15, 0.2) is 0 Å². The van der Waals surface area contributed by atoms with E-state index in [1.165, 1.54) is 0 Å². The second kappa shape index (κ2) is 9.46. The lowest BCUT2D eigenvalue weighted by atomic mass is 10.1. The van der Waals surface area contributed by atoms with Crippen LogP contribution in [0.5, 0.6) is 0 Å². The van der Waals surface area contributed by atoms with Crippen LogP contribution in [0.25, 0.3) is 0 Å². The van der Waals surface area contributed by atoms with E-state index in [0.29, 0.717) is 31.0 Å². The molecule has 0 radical (unpaired) electrons. The summed E-state index contributed by atoms with van der Waals surface area (Å²) in [6.45, 7) is 6.65. The number of carbonyl (C=O) groups is 2. The largest absolute Gasteiger partial charge is 0.355 e. The summed E-state index contributed by atoms with van der Waals surface area (Å²) in [5, 5.41) is 3.42. The van der Waals surface area contributed by atoms with Gasteiger partial charge in [0.1, 0.15) is 6.04 Å². The molecule has 2 amide bonds. The van der Waals surface area contributed by atoms with Gasteiger partial charge in [-0.1, -0.05) is 43.6 Å². The number of rotatable bonds is 8. The van der Waals surface area contributed by atoms with Crippen molar-refractivity contribution >= 4 is 23.4 Å². The first-order chi connectivity index (χ1) is 10.5. The Morgan fingerprint density at radius 2 is 1.91 bits per heavy atom. The van der Waals surface area contributed by atoms with Gasteiger partial charge in [-0.2, -0.15) is 0 Å². The van der Waals surface area contributed by atoms with Crippen molar-refractivity contribution in [2.45, 2.75) is 52.6 Å². The molecule has 0 aliphatic heterocycles. The first-order valence-electron chi connectivity index (χ1n) is 7.85. The zero-order chi connectivity index (χ0) is 16.5. The predicted octanol–water partition coefficient (Wildman–Crippen LogP) is 3.38. The van der Waals surface area contributed by atoms with Crippen molar-refractivity contribution in [1.29, 1.82) is 0 Å². The molecular weight excluding hydrogens is 300 g/mol. The van der Waals surface area contributed by atoms with Gasteiger partial charge in [0.05, 0.1) is 0 Å². The molecule has 22 heavy (non-hydrogen) atoms. The molecule has 5 heteroatoms. The number of likely N-dealkylation sites (N-methyl/N-ethyl adjacent to an activating group) is 1. The Balaban J connectivity index is 3.03. The van der Waals surface area contributed by atoms with Crippen LogP contribution in [0.4, 0.5) is 0 Å². The Bertz CT molecular complexity index is 505. The second-order valence-corrected chi connectivity index (χ2v) is 5.59. The van der Waals surface area contributed by atoms with E-state index in [1.54, 1.807) is 11.0 Å².